The second-order valence-electron chi connectivity index (χ2n) is 5.19. The van der Waals surface area contributed by atoms with E-state index in [-0.39, 0.29) is 5.41 Å². The Hall–Kier alpha value is -1.36. The van der Waals surface area contributed by atoms with Crippen LogP contribution in [0.3, 0.4) is 0 Å². The lowest BCUT2D eigenvalue weighted by Gasteiger charge is -2.19. The third-order valence-electron chi connectivity index (χ3n) is 2.23. The molecule has 1 heterocycles. The zero-order valence-corrected chi connectivity index (χ0v) is 11.2. The summed E-state index contributed by atoms with van der Waals surface area (Å²) in [5.74, 6) is 2.28. The molecule has 0 amide bonds. The molecule has 1 aromatic rings. The zero-order valence-electron chi connectivity index (χ0n) is 11.2. The summed E-state index contributed by atoms with van der Waals surface area (Å²) in [6, 6.07) is 1.83. The third kappa shape index (κ3) is 4.19. The molecule has 0 aliphatic heterocycles. The number of aliphatic hydroxyl groups is 1. The molecule has 1 atom stereocenters. The smallest absolute Gasteiger partial charge is 0.138 e. The summed E-state index contributed by atoms with van der Waals surface area (Å²) in [6.45, 7) is 8.42. The molecule has 17 heavy (non-hydrogen) atoms. The minimum Gasteiger partial charge on any atom is -0.392 e. The molecule has 0 aromatic carbocycles. The van der Waals surface area contributed by atoms with Crippen molar-refractivity contribution in [1.29, 1.82) is 0 Å². The highest BCUT2D eigenvalue weighted by molar-refractivity contribution is 5.47. The normalized spacial score (nSPS) is 13.3. The molecule has 1 rings (SSSR count). The molecule has 0 saturated heterocycles. The van der Waals surface area contributed by atoms with Gasteiger partial charge in [-0.3, -0.25) is 0 Å². The van der Waals surface area contributed by atoms with Crippen molar-refractivity contribution in [1.82, 2.24) is 9.97 Å². The van der Waals surface area contributed by atoms with Gasteiger partial charge in [0.2, 0.25) is 0 Å². The third-order valence-corrected chi connectivity index (χ3v) is 2.23. The summed E-state index contributed by atoms with van der Waals surface area (Å²) < 4.78 is 0. The van der Waals surface area contributed by atoms with Gasteiger partial charge in [-0.05, 0) is 6.92 Å². The van der Waals surface area contributed by atoms with E-state index in [1.807, 2.05) is 13.1 Å². The quantitative estimate of drug-likeness (QED) is 0.743. The summed E-state index contributed by atoms with van der Waals surface area (Å²) in [6.07, 6.45) is -0.402. The number of anilines is 2. The number of nitrogens with one attached hydrogen (secondary N) is 2. The Morgan fingerprint density at radius 1 is 1.29 bits per heavy atom. The molecule has 0 aliphatic carbocycles. The van der Waals surface area contributed by atoms with Crippen LogP contribution in [0.4, 0.5) is 11.6 Å². The molecule has 1 unspecified atom stereocenters. The average Bonchev–Trinajstić information content (AvgIpc) is 2.24. The lowest BCUT2D eigenvalue weighted by atomic mass is 9.96. The molecular weight excluding hydrogens is 216 g/mol. The molecule has 96 valence electrons. The van der Waals surface area contributed by atoms with Gasteiger partial charge in [-0.2, -0.15) is 0 Å². The Morgan fingerprint density at radius 2 is 1.88 bits per heavy atom. The van der Waals surface area contributed by atoms with Crippen LogP contribution >= 0.6 is 0 Å². The van der Waals surface area contributed by atoms with E-state index in [0.29, 0.717) is 6.54 Å². The SMILES string of the molecule is CNc1cc(NCC(C)O)nc(C(C)(C)C)n1. The molecule has 0 bridgehead atoms. The van der Waals surface area contributed by atoms with Crippen molar-refractivity contribution >= 4 is 11.6 Å². The maximum absolute atomic E-state index is 9.25. The molecule has 3 N–H and O–H groups in total. The highest BCUT2D eigenvalue weighted by atomic mass is 16.3. The molecule has 0 aliphatic rings. The van der Waals surface area contributed by atoms with Gasteiger partial charge in [-0.15, -0.1) is 0 Å². The van der Waals surface area contributed by atoms with Gasteiger partial charge in [0.1, 0.15) is 17.5 Å². The van der Waals surface area contributed by atoms with Gasteiger partial charge in [-0.25, -0.2) is 9.97 Å². The van der Waals surface area contributed by atoms with Gasteiger partial charge >= 0.3 is 0 Å². The lowest BCUT2D eigenvalue weighted by Crippen LogP contribution is -2.20. The predicted octanol–water partition coefficient (Wildman–Crippen LogP) is 1.61. The van der Waals surface area contributed by atoms with E-state index in [2.05, 4.69) is 41.4 Å². The monoisotopic (exact) mass is 238 g/mol. The summed E-state index contributed by atoms with van der Waals surface area (Å²) in [5.41, 5.74) is -0.103. The first-order valence-electron chi connectivity index (χ1n) is 5.82. The number of aromatic nitrogens is 2. The standard InChI is InChI=1S/C12H22N4O/c1-8(17)7-14-10-6-9(13-5)15-11(16-10)12(2,3)4/h6,8,17H,7H2,1-5H3,(H2,13,14,15,16). The van der Waals surface area contributed by atoms with Crippen molar-refractivity contribution in [3.8, 4) is 0 Å². The largest absolute Gasteiger partial charge is 0.392 e. The Balaban J connectivity index is 2.97. The molecule has 5 heteroatoms. The fourth-order valence-electron chi connectivity index (χ4n) is 1.25. The number of rotatable bonds is 4. The zero-order chi connectivity index (χ0) is 13.1. The van der Waals surface area contributed by atoms with Crippen molar-refractivity contribution in [2.75, 3.05) is 24.2 Å². The lowest BCUT2D eigenvalue weighted by molar-refractivity contribution is 0.208. The van der Waals surface area contributed by atoms with E-state index < -0.39 is 6.10 Å². The summed E-state index contributed by atoms with van der Waals surface area (Å²) in [4.78, 5) is 8.88. The van der Waals surface area contributed by atoms with E-state index in [9.17, 15) is 5.11 Å². The Kier molecular flexibility index (Phi) is 4.28. The number of aliphatic hydroxyl groups excluding tert-OH is 1. The van der Waals surface area contributed by atoms with Crippen molar-refractivity contribution in [3.05, 3.63) is 11.9 Å². The van der Waals surface area contributed by atoms with Crippen LogP contribution in [0.2, 0.25) is 0 Å². The van der Waals surface area contributed by atoms with E-state index in [1.165, 1.54) is 0 Å². The molecule has 0 saturated carbocycles. The van der Waals surface area contributed by atoms with Crippen LogP contribution in [-0.4, -0.2) is 34.8 Å². The predicted molar refractivity (Wildman–Crippen MR) is 70.4 cm³/mol. The van der Waals surface area contributed by atoms with Gasteiger partial charge in [-0.1, -0.05) is 20.8 Å². The van der Waals surface area contributed by atoms with E-state index in [0.717, 1.165) is 17.5 Å². The first-order valence-corrected chi connectivity index (χ1v) is 5.82. The Morgan fingerprint density at radius 3 is 2.35 bits per heavy atom. The van der Waals surface area contributed by atoms with E-state index in [4.69, 9.17) is 0 Å². The van der Waals surface area contributed by atoms with Crippen LogP contribution in [0.25, 0.3) is 0 Å². The van der Waals surface area contributed by atoms with Crippen molar-refractivity contribution in [2.45, 2.75) is 39.2 Å². The molecule has 0 radical (unpaired) electrons. The molecule has 5 nitrogen and oxygen atoms in total. The highest BCUT2D eigenvalue weighted by Crippen LogP contribution is 2.21. The first kappa shape index (κ1) is 13.7. The molecule has 0 fully saturated rings. The second-order valence-corrected chi connectivity index (χ2v) is 5.19. The maximum Gasteiger partial charge on any atom is 0.138 e. The van der Waals surface area contributed by atoms with Crippen LogP contribution < -0.4 is 10.6 Å². The van der Waals surface area contributed by atoms with Gasteiger partial charge in [0, 0.05) is 25.1 Å². The number of hydrogen-bond acceptors (Lipinski definition) is 5. The van der Waals surface area contributed by atoms with Crippen LogP contribution in [0.1, 0.15) is 33.5 Å². The summed E-state index contributed by atoms with van der Waals surface area (Å²) in [7, 11) is 1.83. The van der Waals surface area contributed by atoms with Gasteiger partial charge in [0.15, 0.2) is 0 Å². The highest BCUT2D eigenvalue weighted by Gasteiger charge is 2.18. The van der Waals surface area contributed by atoms with Crippen LogP contribution in [0.5, 0.6) is 0 Å². The fourth-order valence-corrected chi connectivity index (χ4v) is 1.25. The van der Waals surface area contributed by atoms with E-state index in [1.54, 1.807) is 6.92 Å². The topological polar surface area (TPSA) is 70.1 Å². The van der Waals surface area contributed by atoms with Gasteiger partial charge < -0.3 is 15.7 Å². The number of nitrogens with zero attached hydrogens (tertiary/aromatic N) is 2. The van der Waals surface area contributed by atoms with Gasteiger partial charge in [0.25, 0.3) is 0 Å². The fraction of sp³-hybridized carbons (Fsp3) is 0.667. The average molecular weight is 238 g/mol. The minimum absolute atomic E-state index is 0.103. The Labute approximate surface area is 103 Å². The summed E-state index contributed by atoms with van der Waals surface area (Å²) in [5, 5.41) is 15.4. The second kappa shape index (κ2) is 5.31. The molecule has 0 spiro atoms. The molecule has 1 aromatic heterocycles. The number of hydrogen-bond donors (Lipinski definition) is 3. The molecular formula is C12H22N4O. The van der Waals surface area contributed by atoms with Crippen molar-refractivity contribution < 1.29 is 5.11 Å². The minimum atomic E-state index is -0.402. The first-order chi connectivity index (χ1) is 7.82. The van der Waals surface area contributed by atoms with Crippen molar-refractivity contribution in [3.63, 3.8) is 0 Å². The summed E-state index contributed by atoms with van der Waals surface area (Å²) >= 11 is 0. The van der Waals surface area contributed by atoms with Crippen LogP contribution in [0.15, 0.2) is 6.07 Å². The van der Waals surface area contributed by atoms with Crippen molar-refractivity contribution in [2.24, 2.45) is 0 Å². The van der Waals surface area contributed by atoms with Crippen LogP contribution in [-0.2, 0) is 5.41 Å². The van der Waals surface area contributed by atoms with Crippen LogP contribution in [0, 0.1) is 0 Å². The van der Waals surface area contributed by atoms with Gasteiger partial charge in [0.05, 0.1) is 6.10 Å². The van der Waals surface area contributed by atoms with E-state index >= 15 is 0 Å². The Bertz CT molecular complexity index is 371. The maximum atomic E-state index is 9.25.